The second-order valence-electron chi connectivity index (χ2n) is 7.15. The summed E-state index contributed by atoms with van der Waals surface area (Å²) in [6.07, 6.45) is 0. The monoisotopic (exact) mass is 312 g/mol. The maximum absolute atomic E-state index is 5.67. The van der Waals surface area contributed by atoms with Crippen molar-refractivity contribution in [2.45, 2.75) is 33.6 Å². The van der Waals surface area contributed by atoms with Crippen LogP contribution in [0.25, 0.3) is 0 Å². The molecular formula is C21H28O2. The van der Waals surface area contributed by atoms with Crippen LogP contribution in [0.1, 0.15) is 44.7 Å². The molecule has 2 atom stereocenters. The van der Waals surface area contributed by atoms with Crippen LogP contribution in [0.2, 0.25) is 0 Å². The molecule has 23 heavy (non-hydrogen) atoms. The maximum atomic E-state index is 5.67. The van der Waals surface area contributed by atoms with Crippen molar-refractivity contribution in [3.05, 3.63) is 59.7 Å². The largest absolute Gasteiger partial charge is 0.497 e. The highest BCUT2D eigenvalue weighted by Crippen LogP contribution is 2.45. The second kappa shape index (κ2) is 7.08. The average Bonchev–Trinajstić information content (AvgIpc) is 2.55. The molecule has 2 aromatic carbocycles. The van der Waals surface area contributed by atoms with Crippen molar-refractivity contribution in [1.29, 1.82) is 0 Å². The van der Waals surface area contributed by atoms with Gasteiger partial charge >= 0.3 is 0 Å². The van der Waals surface area contributed by atoms with Gasteiger partial charge in [-0.15, -0.1) is 0 Å². The van der Waals surface area contributed by atoms with Gasteiger partial charge in [0.2, 0.25) is 0 Å². The summed E-state index contributed by atoms with van der Waals surface area (Å²) in [7, 11) is 3.41. The van der Waals surface area contributed by atoms with Crippen LogP contribution in [0, 0.1) is 11.3 Å². The summed E-state index contributed by atoms with van der Waals surface area (Å²) < 4.78 is 11.0. The minimum absolute atomic E-state index is 0.186. The molecule has 0 amide bonds. The van der Waals surface area contributed by atoms with Gasteiger partial charge in [0, 0.05) is 17.5 Å². The highest BCUT2D eigenvalue weighted by Gasteiger charge is 2.32. The zero-order chi connectivity index (χ0) is 17.0. The van der Waals surface area contributed by atoms with Crippen LogP contribution >= 0.6 is 0 Å². The summed E-state index contributed by atoms with van der Waals surface area (Å²) in [5, 5.41) is 0. The average molecular weight is 312 g/mol. The normalized spacial score (nSPS) is 14.2. The molecule has 0 aliphatic carbocycles. The summed E-state index contributed by atoms with van der Waals surface area (Å²) in [4.78, 5) is 0. The van der Waals surface area contributed by atoms with Crippen molar-refractivity contribution in [1.82, 2.24) is 0 Å². The van der Waals surface area contributed by atoms with Crippen LogP contribution in [-0.4, -0.2) is 14.2 Å². The Balaban J connectivity index is 2.59. The van der Waals surface area contributed by atoms with Gasteiger partial charge in [-0.25, -0.2) is 0 Å². The van der Waals surface area contributed by atoms with E-state index in [1.165, 1.54) is 11.1 Å². The van der Waals surface area contributed by atoms with E-state index in [1.807, 2.05) is 12.1 Å². The lowest BCUT2D eigenvalue weighted by Gasteiger charge is -2.36. The van der Waals surface area contributed by atoms with Crippen LogP contribution in [0.15, 0.2) is 48.5 Å². The fourth-order valence-corrected chi connectivity index (χ4v) is 2.97. The summed E-state index contributed by atoms with van der Waals surface area (Å²) in [5.41, 5.74) is 2.71. The van der Waals surface area contributed by atoms with Crippen LogP contribution in [0.5, 0.6) is 11.5 Å². The summed E-state index contributed by atoms with van der Waals surface area (Å²) in [5.74, 6) is 2.43. The fourth-order valence-electron chi connectivity index (χ4n) is 2.97. The predicted octanol–water partition coefficient (Wildman–Crippen LogP) is 5.52. The first-order valence-electron chi connectivity index (χ1n) is 8.15. The Morgan fingerprint density at radius 3 is 2.04 bits per heavy atom. The smallest absolute Gasteiger partial charge is 0.126 e. The number of benzene rings is 2. The van der Waals surface area contributed by atoms with Crippen LogP contribution < -0.4 is 9.47 Å². The van der Waals surface area contributed by atoms with E-state index in [0.717, 1.165) is 11.5 Å². The first kappa shape index (κ1) is 17.4. The van der Waals surface area contributed by atoms with Gasteiger partial charge in [-0.2, -0.15) is 0 Å². The van der Waals surface area contributed by atoms with Gasteiger partial charge in [0.15, 0.2) is 0 Å². The van der Waals surface area contributed by atoms with Gasteiger partial charge in [0.1, 0.15) is 11.5 Å². The van der Waals surface area contributed by atoms with Crippen LogP contribution in [-0.2, 0) is 0 Å². The Morgan fingerprint density at radius 2 is 1.52 bits per heavy atom. The number of rotatable bonds is 5. The molecule has 2 aromatic rings. The molecule has 2 nitrogen and oxygen atoms in total. The lowest BCUT2D eigenvalue weighted by atomic mass is 9.69. The van der Waals surface area contributed by atoms with Crippen LogP contribution in [0.4, 0.5) is 0 Å². The maximum Gasteiger partial charge on any atom is 0.126 e. The van der Waals surface area contributed by atoms with Crippen molar-refractivity contribution in [3.8, 4) is 11.5 Å². The van der Waals surface area contributed by atoms with E-state index < -0.39 is 0 Å². The summed E-state index contributed by atoms with van der Waals surface area (Å²) in [6.45, 7) is 9.21. The molecule has 0 unspecified atom stereocenters. The van der Waals surface area contributed by atoms with Crippen molar-refractivity contribution < 1.29 is 9.47 Å². The molecule has 2 heteroatoms. The number of methoxy groups -OCH3 is 2. The van der Waals surface area contributed by atoms with Gasteiger partial charge in [0.05, 0.1) is 14.2 Å². The minimum atomic E-state index is 0.186. The molecule has 0 spiro atoms. The van der Waals surface area contributed by atoms with Crippen molar-refractivity contribution in [2.75, 3.05) is 14.2 Å². The Kier molecular flexibility index (Phi) is 5.35. The lowest BCUT2D eigenvalue weighted by Crippen LogP contribution is -2.25. The SMILES string of the molecule is COc1ccc([C@@H](c2ccccc2)[C@@H](C)C(C)(C)C)c(OC)c1. The fraction of sp³-hybridized carbons (Fsp3) is 0.429. The highest BCUT2D eigenvalue weighted by atomic mass is 16.5. The molecule has 0 aromatic heterocycles. The first-order chi connectivity index (χ1) is 10.9. The van der Waals surface area contributed by atoms with Gasteiger partial charge in [-0.3, -0.25) is 0 Å². The molecule has 0 aliphatic heterocycles. The topological polar surface area (TPSA) is 18.5 Å². The van der Waals surface area contributed by atoms with E-state index in [-0.39, 0.29) is 11.3 Å². The Morgan fingerprint density at radius 1 is 0.870 bits per heavy atom. The summed E-state index contributed by atoms with van der Waals surface area (Å²) in [6, 6.07) is 16.8. The Labute approximate surface area is 140 Å². The van der Waals surface area contributed by atoms with Crippen molar-refractivity contribution in [2.24, 2.45) is 11.3 Å². The predicted molar refractivity (Wildman–Crippen MR) is 96.5 cm³/mol. The molecule has 0 bridgehead atoms. The second-order valence-corrected chi connectivity index (χ2v) is 7.15. The zero-order valence-corrected chi connectivity index (χ0v) is 15.1. The standard InChI is InChI=1S/C21H28O2/c1-15(21(2,3)4)20(16-10-8-7-9-11-16)18-13-12-17(22-5)14-19(18)23-6/h7-15,20H,1-6H3/t15-,20-/m1/s1. The molecule has 0 saturated carbocycles. The van der Waals surface area contributed by atoms with Crippen molar-refractivity contribution in [3.63, 3.8) is 0 Å². The molecular weight excluding hydrogens is 284 g/mol. The number of hydrogen-bond donors (Lipinski definition) is 0. The third-order valence-corrected chi connectivity index (χ3v) is 4.80. The van der Waals surface area contributed by atoms with Gasteiger partial charge in [0.25, 0.3) is 0 Å². The van der Waals surface area contributed by atoms with E-state index in [9.17, 15) is 0 Å². The molecule has 2 rings (SSSR count). The van der Waals surface area contributed by atoms with Crippen molar-refractivity contribution >= 4 is 0 Å². The van der Waals surface area contributed by atoms with Crippen LogP contribution in [0.3, 0.4) is 0 Å². The van der Waals surface area contributed by atoms with Gasteiger partial charge in [-0.1, -0.05) is 64.1 Å². The first-order valence-corrected chi connectivity index (χ1v) is 8.15. The molecule has 0 heterocycles. The molecule has 0 fully saturated rings. The highest BCUT2D eigenvalue weighted by molar-refractivity contribution is 5.47. The minimum Gasteiger partial charge on any atom is -0.497 e. The molecule has 0 radical (unpaired) electrons. The number of hydrogen-bond acceptors (Lipinski definition) is 2. The Bertz CT molecular complexity index is 626. The van der Waals surface area contributed by atoms with Gasteiger partial charge in [-0.05, 0) is 23.0 Å². The van der Waals surface area contributed by atoms with Gasteiger partial charge < -0.3 is 9.47 Å². The van der Waals surface area contributed by atoms with E-state index in [4.69, 9.17) is 9.47 Å². The van der Waals surface area contributed by atoms with E-state index in [2.05, 4.69) is 64.1 Å². The third-order valence-electron chi connectivity index (χ3n) is 4.80. The van der Waals surface area contributed by atoms with E-state index in [1.54, 1.807) is 14.2 Å². The zero-order valence-electron chi connectivity index (χ0n) is 15.1. The third kappa shape index (κ3) is 3.87. The number of ether oxygens (including phenoxy) is 2. The Hall–Kier alpha value is -1.96. The lowest BCUT2D eigenvalue weighted by molar-refractivity contribution is 0.234. The quantitative estimate of drug-likeness (QED) is 0.724. The molecule has 0 N–H and O–H groups in total. The molecule has 0 aliphatic rings. The molecule has 0 saturated heterocycles. The van der Waals surface area contributed by atoms with E-state index in [0.29, 0.717) is 5.92 Å². The van der Waals surface area contributed by atoms with E-state index >= 15 is 0 Å². The molecule has 124 valence electrons. The summed E-state index contributed by atoms with van der Waals surface area (Å²) >= 11 is 0.